The molecule has 1 aromatic heterocycles. The summed E-state index contributed by atoms with van der Waals surface area (Å²) in [5.74, 6) is 1.94. The van der Waals surface area contributed by atoms with Gasteiger partial charge in [-0.15, -0.1) is 0 Å². The predicted molar refractivity (Wildman–Crippen MR) is 63.6 cm³/mol. The number of halogens is 1. The molecule has 1 atom stereocenters. The molecule has 2 heterocycles. The molecular weight excluding hydrogens is 240 g/mol. The van der Waals surface area contributed by atoms with Crippen molar-refractivity contribution in [1.82, 2.24) is 9.97 Å². The fraction of sp³-hybridized carbons (Fsp3) is 0.667. The van der Waals surface area contributed by atoms with Crippen LogP contribution in [0.2, 0.25) is 5.15 Å². The third-order valence-corrected chi connectivity index (χ3v) is 3.54. The average Bonchev–Trinajstić information content (AvgIpc) is 3.04. The van der Waals surface area contributed by atoms with Crippen molar-refractivity contribution < 1.29 is 9.47 Å². The lowest BCUT2D eigenvalue weighted by Gasteiger charge is -2.14. The topological polar surface area (TPSA) is 44.2 Å². The summed E-state index contributed by atoms with van der Waals surface area (Å²) in [5, 5.41) is 0.510. The Balaban J connectivity index is 1.85. The van der Waals surface area contributed by atoms with Crippen LogP contribution in [-0.2, 0) is 4.74 Å². The first-order valence-electron chi connectivity index (χ1n) is 6.02. The van der Waals surface area contributed by atoms with Gasteiger partial charge in [0.15, 0.2) is 0 Å². The predicted octanol–water partition coefficient (Wildman–Crippen LogP) is 2.48. The molecule has 1 aromatic rings. The van der Waals surface area contributed by atoms with E-state index >= 15 is 0 Å². The molecule has 3 rings (SSSR count). The zero-order valence-electron chi connectivity index (χ0n) is 9.78. The fourth-order valence-corrected chi connectivity index (χ4v) is 2.06. The summed E-state index contributed by atoms with van der Waals surface area (Å²) in [5.41, 5.74) is 0.822. The molecule has 17 heavy (non-hydrogen) atoms. The maximum absolute atomic E-state index is 6.11. The largest absolute Gasteiger partial charge is 0.471 e. The molecule has 2 fully saturated rings. The van der Waals surface area contributed by atoms with Gasteiger partial charge in [-0.1, -0.05) is 11.6 Å². The number of aromatic nitrogens is 2. The van der Waals surface area contributed by atoms with E-state index < -0.39 is 0 Å². The Morgan fingerprint density at radius 2 is 2.12 bits per heavy atom. The van der Waals surface area contributed by atoms with E-state index in [4.69, 9.17) is 21.1 Å². The number of rotatable bonds is 3. The monoisotopic (exact) mass is 254 g/mol. The summed E-state index contributed by atoms with van der Waals surface area (Å²) >= 11 is 6.11. The molecule has 1 aliphatic heterocycles. The van der Waals surface area contributed by atoms with E-state index in [0.29, 0.717) is 23.6 Å². The highest BCUT2D eigenvalue weighted by Gasteiger charge is 2.29. The minimum Gasteiger partial charge on any atom is -0.471 e. The number of hydrogen-bond donors (Lipinski definition) is 0. The van der Waals surface area contributed by atoms with Crippen LogP contribution in [0.4, 0.5) is 0 Å². The van der Waals surface area contributed by atoms with Crippen LogP contribution in [-0.4, -0.2) is 29.3 Å². The van der Waals surface area contributed by atoms with Crippen molar-refractivity contribution in [3.8, 4) is 5.88 Å². The van der Waals surface area contributed by atoms with E-state index in [9.17, 15) is 0 Å². The summed E-state index contributed by atoms with van der Waals surface area (Å²) in [6.07, 6.45) is 3.34. The van der Waals surface area contributed by atoms with Gasteiger partial charge in [-0.3, -0.25) is 0 Å². The molecule has 1 saturated heterocycles. The van der Waals surface area contributed by atoms with Gasteiger partial charge >= 0.3 is 0 Å². The highest BCUT2D eigenvalue weighted by Crippen LogP contribution is 2.40. The number of hydrogen-bond acceptors (Lipinski definition) is 4. The lowest BCUT2D eigenvalue weighted by atomic mass is 10.3. The molecule has 0 aromatic carbocycles. The molecule has 1 saturated carbocycles. The Kier molecular flexibility index (Phi) is 2.92. The second-order valence-corrected chi connectivity index (χ2v) is 5.04. The van der Waals surface area contributed by atoms with Crippen molar-refractivity contribution in [2.45, 2.75) is 38.2 Å². The minimum atomic E-state index is 0.103. The second kappa shape index (κ2) is 4.42. The summed E-state index contributed by atoms with van der Waals surface area (Å²) in [7, 11) is 0. The highest BCUT2D eigenvalue weighted by atomic mass is 35.5. The van der Waals surface area contributed by atoms with Crippen molar-refractivity contribution in [2.75, 3.05) is 13.2 Å². The summed E-state index contributed by atoms with van der Waals surface area (Å²) in [4.78, 5) is 8.80. The molecule has 92 valence electrons. The lowest BCUT2D eigenvalue weighted by Crippen LogP contribution is -2.18. The van der Waals surface area contributed by atoms with E-state index in [2.05, 4.69) is 9.97 Å². The maximum atomic E-state index is 6.11. The summed E-state index contributed by atoms with van der Waals surface area (Å²) in [6, 6.07) is 0. The standard InChI is InChI=1S/C12H15ClN2O2/c1-7-10(13)14-11(8-2-3-8)15-12(7)17-9-4-5-16-6-9/h8-9H,2-6H2,1H3. The quantitative estimate of drug-likeness (QED) is 0.778. The Morgan fingerprint density at radius 1 is 1.29 bits per heavy atom. The van der Waals surface area contributed by atoms with Crippen LogP contribution < -0.4 is 4.74 Å². The van der Waals surface area contributed by atoms with Crippen LogP contribution in [0.3, 0.4) is 0 Å². The second-order valence-electron chi connectivity index (χ2n) is 4.68. The molecule has 0 spiro atoms. The van der Waals surface area contributed by atoms with Gasteiger partial charge in [0.05, 0.1) is 13.2 Å². The van der Waals surface area contributed by atoms with Gasteiger partial charge < -0.3 is 9.47 Å². The molecule has 5 heteroatoms. The fourth-order valence-electron chi connectivity index (χ4n) is 1.89. The van der Waals surface area contributed by atoms with Crippen LogP contribution in [0.1, 0.15) is 36.6 Å². The van der Waals surface area contributed by atoms with E-state index in [-0.39, 0.29) is 6.10 Å². The summed E-state index contributed by atoms with van der Waals surface area (Å²) < 4.78 is 11.1. The molecule has 0 bridgehead atoms. The molecule has 0 N–H and O–H groups in total. The minimum absolute atomic E-state index is 0.103. The van der Waals surface area contributed by atoms with Gasteiger partial charge in [0.25, 0.3) is 0 Å². The SMILES string of the molecule is Cc1c(Cl)nc(C2CC2)nc1OC1CCOC1. The Labute approximate surface area is 105 Å². The number of ether oxygens (including phenoxy) is 2. The van der Waals surface area contributed by atoms with Gasteiger partial charge in [0.1, 0.15) is 17.1 Å². The Bertz CT molecular complexity index is 429. The zero-order chi connectivity index (χ0) is 11.8. The number of nitrogens with zero attached hydrogens (tertiary/aromatic N) is 2. The van der Waals surface area contributed by atoms with E-state index in [1.54, 1.807) is 0 Å². The highest BCUT2D eigenvalue weighted by molar-refractivity contribution is 6.30. The smallest absolute Gasteiger partial charge is 0.221 e. The van der Waals surface area contributed by atoms with E-state index in [1.807, 2.05) is 6.92 Å². The van der Waals surface area contributed by atoms with Crippen LogP contribution in [0.5, 0.6) is 5.88 Å². The molecular formula is C12H15ClN2O2. The van der Waals surface area contributed by atoms with Crippen LogP contribution in [0.15, 0.2) is 0 Å². The lowest BCUT2D eigenvalue weighted by molar-refractivity contribution is 0.137. The molecule has 0 radical (unpaired) electrons. The molecule has 2 aliphatic rings. The van der Waals surface area contributed by atoms with Crippen molar-refractivity contribution in [3.05, 3.63) is 16.5 Å². The molecule has 4 nitrogen and oxygen atoms in total. The molecule has 1 aliphatic carbocycles. The van der Waals surface area contributed by atoms with Crippen molar-refractivity contribution in [2.24, 2.45) is 0 Å². The first-order chi connectivity index (χ1) is 8.24. The van der Waals surface area contributed by atoms with E-state index in [0.717, 1.165) is 37.3 Å². The van der Waals surface area contributed by atoms with Gasteiger partial charge in [0, 0.05) is 17.9 Å². The summed E-state index contributed by atoms with van der Waals surface area (Å²) in [6.45, 7) is 3.29. The zero-order valence-corrected chi connectivity index (χ0v) is 10.5. The van der Waals surface area contributed by atoms with Gasteiger partial charge in [-0.25, -0.2) is 4.98 Å². The van der Waals surface area contributed by atoms with E-state index in [1.165, 1.54) is 0 Å². The average molecular weight is 255 g/mol. The van der Waals surface area contributed by atoms with Crippen molar-refractivity contribution in [3.63, 3.8) is 0 Å². The maximum Gasteiger partial charge on any atom is 0.221 e. The van der Waals surface area contributed by atoms with Gasteiger partial charge in [0.2, 0.25) is 5.88 Å². The molecule has 1 unspecified atom stereocenters. The van der Waals surface area contributed by atoms with Crippen LogP contribution in [0.25, 0.3) is 0 Å². The van der Waals surface area contributed by atoms with Gasteiger partial charge in [-0.2, -0.15) is 4.98 Å². The van der Waals surface area contributed by atoms with Crippen molar-refractivity contribution in [1.29, 1.82) is 0 Å². The first-order valence-corrected chi connectivity index (χ1v) is 6.40. The van der Waals surface area contributed by atoms with Crippen LogP contribution >= 0.6 is 11.6 Å². The van der Waals surface area contributed by atoms with Crippen molar-refractivity contribution >= 4 is 11.6 Å². The Morgan fingerprint density at radius 3 is 2.76 bits per heavy atom. The molecule has 0 amide bonds. The first kappa shape index (κ1) is 11.2. The Hall–Kier alpha value is -0.870. The third kappa shape index (κ3) is 2.38. The normalized spacial score (nSPS) is 24.0. The van der Waals surface area contributed by atoms with Crippen LogP contribution in [0, 0.1) is 6.92 Å². The van der Waals surface area contributed by atoms with Gasteiger partial charge in [-0.05, 0) is 19.8 Å². The third-order valence-electron chi connectivity index (χ3n) is 3.17.